The minimum atomic E-state index is -1.06. The molecule has 1 aliphatic carbocycles. The Kier molecular flexibility index (Phi) is 5.45. The van der Waals surface area contributed by atoms with Crippen molar-refractivity contribution >= 4 is 27.7 Å². The Hall–Kier alpha value is -1.95. The van der Waals surface area contributed by atoms with Gasteiger partial charge in [0.2, 0.25) is 0 Å². The number of aromatic nitrogens is 2. The molecule has 0 unspecified atom stereocenters. The van der Waals surface area contributed by atoms with Crippen LogP contribution in [0.25, 0.3) is 0 Å². The quantitative estimate of drug-likeness (QED) is 0.795. The standard InChI is InChI=1S/C18H20BrN3O2/c19-15-16(18(23)24)21-11-22-17(15)20-10-12-5-4-8-14(9-12)13-6-2-1-3-7-13/h1-3,6-7,11-12,14H,4-5,8-10H2,(H,23,24)(H,20,21,22)/t12-,14+/m0/s1. The molecule has 0 bridgehead atoms. The lowest BCUT2D eigenvalue weighted by Gasteiger charge is -2.29. The number of carbonyl (C=O) groups is 1. The highest BCUT2D eigenvalue weighted by Gasteiger charge is 2.23. The van der Waals surface area contributed by atoms with Crippen molar-refractivity contribution in [3.63, 3.8) is 0 Å². The molecule has 0 radical (unpaired) electrons. The smallest absolute Gasteiger partial charge is 0.355 e. The molecule has 1 aliphatic rings. The van der Waals surface area contributed by atoms with Gasteiger partial charge in [-0.05, 0) is 52.6 Å². The predicted molar refractivity (Wildman–Crippen MR) is 96.3 cm³/mol. The molecule has 2 N–H and O–H groups in total. The van der Waals surface area contributed by atoms with Crippen molar-refractivity contribution in [3.05, 3.63) is 52.4 Å². The van der Waals surface area contributed by atoms with E-state index in [2.05, 4.69) is 61.5 Å². The zero-order valence-electron chi connectivity index (χ0n) is 13.3. The highest BCUT2D eigenvalue weighted by Crippen LogP contribution is 2.36. The van der Waals surface area contributed by atoms with E-state index in [0.29, 0.717) is 22.1 Å². The molecule has 0 saturated heterocycles. The minimum Gasteiger partial charge on any atom is -0.476 e. The van der Waals surface area contributed by atoms with Gasteiger partial charge in [-0.1, -0.05) is 36.8 Å². The lowest BCUT2D eigenvalue weighted by molar-refractivity contribution is 0.0689. The van der Waals surface area contributed by atoms with Gasteiger partial charge < -0.3 is 10.4 Å². The van der Waals surface area contributed by atoms with Crippen LogP contribution in [0, 0.1) is 5.92 Å². The first-order valence-electron chi connectivity index (χ1n) is 8.17. The molecule has 2 atom stereocenters. The van der Waals surface area contributed by atoms with Gasteiger partial charge in [0.05, 0.1) is 4.47 Å². The lowest BCUT2D eigenvalue weighted by atomic mass is 9.78. The lowest BCUT2D eigenvalue weighted by Crippen LogP contribution is -2.22. The van der Waals surface area contributed by atoms with Crippen molar-refractivity contribution in [2.75, 3.05) is 11.9 Å². The highest BCUT2D eigenvalue weighted by atomic mass is 79.9. The SMILES string of the molecule is O=C(O)c1ncnc(NC[C@H]2CCC[C@@H](c3ccccc3)C2)c1Br. The van der Waals surface area contributed by atoms with Crippen molar-refractivity contribution in [2.45, 2.75) is 31.6 Å². The molecule has 1 saturated carbocycles. The van der Waals surface area contributed by atoms with E-state index >= 15 is 0 Å². The number of rotatable bonds is 5. The second-order valence-electron chi connectivity index (χ2n) is 6.21. The summed E-state index contributed by atoms with van der Waals surface area (Å²) in [4.78, 5) is 19.1. The molecule has 1 aromatic carbocycles. The largest absolute Gasteiger partial charge is 0.476 e. The number of hydrogen-bond acceptors (Lipinski definition) is 4. The van der Waals surface area contributed by atoms with Gasteiger partial charge in [-0.25, -0.2) is 14.8 Å². The number of nitrogens with one attached hydrogen (secondary N) is 1. The van der Waals surface area contributed by atoms with E-state index in [0.717, 1.165) is 13.0 Å². The van der Waals surface area contributed by atoms with Crippen LogP contribution in [0.3, 0.4) is 0 Å². The van der Waals surface area contributed by atoms with Gasteiger partial charge >= 0.3 is 5.97 Å². The summed E-state index contributed by atoms with van der Waals surface area (Å²) in [5.41, 5.74) is 1.40. The maximum atomic E-state index is 11.1. The first-order chi connectivity index (χ1) is 11.6. The summed E-state index contributed by atoms with van der Waals surface area (Å²) in [6.07, 6.45) is 6.07. The van der Waals surface area contributed by atoms with Crippen molar-refractivity contribution in [3.8, 4) is 0 Å². The Morgan fingerprint density at radius 3 is 2.79 bits per heavy atom. The molecule has 1 aromatic heterocycles. The second-order valence-corrected chi connectivity index (χ2v) is 7.00. The summed E-state index contributed by atoms with van der Waals surface area (Å²) in [7, 11) is 0. The monoisotopic (exact) mass is 389 g/mol. The van der Waals surface area contributed by atoms with Crippen LogP contribution >= 0.6 is 15.9 Å². The van der Waals surface area contributed by atoms with Gasteiger partial charge in [-0.15, -0.1) is 0 Å². The maximum absolute atomic E-state index is 11.1. The highest BCUT2D eigenvalue weighted by molar-refractivity contribution is 9.10. The normalized spacial score (nSPS) is 20.5. The average molecular weight is 390 g/mol. The van der Waals surface area contributed by atoms with E-state index < -0.39 is 5.97 Å². The molecule has 0 aliphatic heterocycles. The Morgan fingerprint density at radius 1 is 1.25 bits per heavy atom. The molecule has 1 heterocycles. The van der Waals surface area contributed by atoms with E-state index in [9.17, 15) is 4.79 Å². The molecule has 24 heavy (non-hydrogen) atoms. The van der Waals surface area contributed by atoms with Crippen LogP contribution in [0.2, 0.25) is 0 Å². The van der Waals surface area contributed by atoms with Crippen LogP contribution in [0.1, 0.15) is 47.7 Å². The molecular weight excluding hydrogens is 370 g/mol. The number of aromatic carboxylic acids is 1. The third-order valence-corrected chi connectivity index (χ3v) is 5.36. The van der Waals surface area contributed by atoms with Gasteiger partial charge in [0.25, 0.3) is 0 Å². The van der Waals surface area contributed by atoms with E-state index in [4.69, 9.17) is 5.11 Å². The van der Waals surface area contributed by atoms with Gasteiger partial charge in [-0.3, -0.25) is 0 Å². The summed E-state index contributed by atoms with van der Waals surface area (Å²) < 4.78 is 0.410. The summed E-state index contributed by atoms with van der Waals surface area (Å²) in [5.74, 6) is 0.646. The number of nitrogens with zero attached hydrogens (tertiary/aromatic N) is 2. The van der Waals surface area contributed by atoms with Crippen molar-refractivity contribution < 1.29 is 9.90 Å². The molecule has 1 fully saturated rings. The molecule has 6 heteroatoms. The molecule has 5 nitrogen and oxygen atoms in total. The summed E-state index contributed by atoms with van der Waals surface area (Å²) in [6, 6.07) is 10.7. The average Bonchev–Trinajstić information content (AvgIpc) is 2.61. The van der Waals surface area contributed by atoms with Crippen LogP contribution in [0.5, 0.6) is 0 Å². The van der Waals surface area contributed by atoms with Crippen molar-refractivity contribution in [1.29, 1.82) is 0 Å². The van der Waals surface area contributed by atoms with E-state index in [1.165, 1.54) is 31.2 Å². The van der Waals surface area contributed by atoms with Gasteiger partial charge in [0.1, 0.15) is 12.1 Å². The molecule has 0 spiro atoms. The Bertz CT molecular complexity index is 709. The van der Waals surface area contributed by atoms with Crippen LogP contribution < -0.4 is 5.32 Å². The number of anilines is 1. The van der Waals surface area contributed by atoms with Crippen molar-refractivity contribution in [1.82, 2.24) is 9.97 Å². The molecular formula is C18H20BrN3O2. The zero-order valence-corrected chi connectivity index (χ0v) is 14.9. The number of carboxylic acid groups (broad SMARTS) is 1. The molecule has 2 aromatic rings. The van der Waals surface area contributed by atoms with Crippen molar-refractivity contribution in [2.24, 2.45) is 5.92 Å². The third-order valence-electron chi connectivity index (χ3n) is 4.60. The number of hydrogen-bond donors (Lipinski definition) is 2. The predicted octanol–water partition coefficient (Wildman–Crippen LogP) is 4.32. The van der Waals surface area contributed by atoms with Crippen LogP contribution in [0.4, 0.5) is 5.82 Å². The molecule has 126 valence electrons. The Labute approximate surface area is 149 Å². The van der Waals surface area contributed by atoms with Crippen LogP contribution in [-0.4, -0.2) is 27.6 Å². The van der Waals surface area contributed by atoms with Crippen LogP contribution in [0.15, 0.2) is 41.1 Å². The van der Waals surface area contributed by atoms with E-state index in [1.54, 1.807) is 0 Å². The summed E-state index contributed by atoms with van der Waals surface area (Å²) in [5, 5.41) is 12.4. The Balaban J connectivity index is 1.63. The van der Waals surface area contributed by atoms with Crippen LogP contribution in [-0.2, 0) is 0 Å². The maximum Gasteiger partial charge on any atom is 0.355 e. The molecule has 0 amide bonds. The Morgan fingerprint density at radius 2 is 2.04 bits per heavy atom. The second kappa shape index (κ2) is 7.75. The summed E-state index contributed by atoms with van der Waals surface area (Å²) in [6.45, 7) is 0.790. The number of benzene rings is 1. The first kappa shape index (κ1) is 16.9. The number of halogens is 1. The fourth-order valence-corrected chi connectivity index (χ4v) is 3.90. The zero-order chi connectivity index (χ0) is 16.9. The number of carboxylic acids is 1. The molecule has 3 rings (SSSR count). The van der Waals surface area contributed by atoms with E-state index in [-0.39, 0.29) is 5.69 Å². The minimum absolute atomic E-state index is 0.0155. The fourth-order valence-electron chi connectivity index (χ4n) is 3.39. The topological polar surface area (TPSA) is 75.1 Å². The van der Waals surface area contributed by atoms with Gasteiger partial charge in [0, 0.05) is 6.54 Å². The van der Waals surface area contributed by atoms with Gasteiger partial charge in [0.15, 0.2) is 5.69 Å². The third kappa shape index (κ3) is 3.93. The first-order valence-corrected chi connectivity index (χ1v) is 8.97. The fraction of sp³-hybridized carbons (Fsp3) is 0.389. The van der Waals surface area contributed by atoms with Gasteiger partial charge in [-0.2, -0.15) is 0 Å². The van der Waals surface area contributed by atoms with E-state index in [1.807, 2.05) is 0 Å². The summed E-state index contributed by atoms with van der Waals surface area (Å²) >= 11 is 3.29.